The Kier molecular flexibility index (Phi) is 3.73. The van der Waals surface area contributed by atoms with Gasteiger partial charge >= 0.3 is 0 Å². The summed E-state index contributed by atoms with van der Waals surface area (Å²) in [6.07, 6.45) is 0.817. The summed E-state index contributed by atoms with van der Waals surface area (Å²) in [5, 5.41) is 11.2. The van der Waals surface area contributed by atoms with Gasteiger partial charge in [0.1, 0.15) is 5.75 Å². The van der Waals surface area contributed by atoms with Gasteiger partial charge in [-0.1, -0.05) is 66.2 Å². The van der Waals surface area contributed by atoms with E-state index in [9.17, 15) is 5.11 Å². The Balaban J connectivity index is 1.81. The number of aromatic nitrogens is 1. The van der Waals surface area contributed by atoms with Crippen molar-refractivity contribution in [3.05, 3.63) is 95.0 Å². The van der Waals surface area contributed by atoms with Gasteiger partial charge in [-0.2, -0.15) is 0 Å². The molecule has 0 saturated carbocycles. The molecule has 0 radical (unpaired) electrons. The minimum atomic E-state index is 0.277. The van der Waals surface area contributed by atoms with Crippen molar-refractivity contribution >= 4 is 11.6 Å². The van der Waals surface area contributed by atoms with E-state index in [1.54, 1.807) is 6.07 Å². The number of nitrogens with zero attached hydrogens (tertiary/aromatic N) is 1. The maximum absolute atomic E-state index is 10.5. The quantitative estimate of drug-likeness (QED) is 0.393. The Morgan fingerprint density at radius 3 is 2.37 bits per heavy atom. The van der Waals surface area contributed by atoms with Crippen LogP contribution < -0.4 is 0 Å². The van der Waals surface area contributed by atoms with Crippen molar-refractivity contribution in [2.75, 3.05) is 0 Å². The molecule has 0 saturated heterocycles. The van der Waals surface area contributed by atoms with Crippen molar-refractivity contribution in [3.8, 4) is 39.4 Å². The van der Waals surface area contributed by atoms with Crippen LogP contribution in [0.5, 0.6) is 5.75 Å². The van der Waals surface area contributed by atoms with Crippen molar-refractivity contribution in [2.45, 2.75) is 6.42 Å². The van der Waals surface area contributed by atoms with Crippen LogP contribution in [0.1, 0.15) is 11.1 Å². The first-order valence-electron chi connectivity index (χ1n) is 8.87. The van der Waals surface area contributed by atoms with Crippen LogP contribution in [0.15, 0.2) is 78.9 Å². The molecule has 1 N–H and O–H groups in total. The van der Waals surface area contributed by atoms with Crippen LogP contribution in [0.25, 0.3) is 33.6 Å². The molecule has 0 fully saturated rings. The third-order valence-corrected chi connectivity index (χ3v) is 5.31. The smallest absolute Gasteiger partial charge is 0.123 e. The molecular formula is C24H16ClNO. The lowest BCUT2D eigenvalue weighted by atomic mass is 9.95. The summed E-state index contributed by atoms with van der Waals surface area (Å²) in [4.78, 5) is 4.98. The summed E-state index contributed by atoms with van der Waals surface area (Å²) in [6, 6.07) is 25.6. The van der Waals surface area contributed by atoms with Crippen molar-refractivity contribution in [3.63, 3.8) is 0 Å². The number of rotatable bonds is 2. The second-order valence-electron chi connectivity index (χ2n) is 6.74. The molecule has 0 atom stereocenters. The van der Waals surface area contributed by atoms with E-state index in [4.69, 9.17) is 16.6 Å². The molecule has 0 aliphatic heterocycles. The maximum atomic E-state index is 10.5. The highest BCUT2D eigenvalue weighted by molar-refractivity contribution is 6.30. The van der Waals surface area contributed by atoms with Crippen molar-refractivity contribution in [1.29, 1.82) is 0 Å². The van der Waals surface area contributed by atoms with Gasteiger partial charge in [0, 0.05) is 28.1 Å². The second-order valence-corrected chi connectivity index (χ2v) is 7.18. The number of benzene rings is 3. The van der Waals surface area contributed by atoms with Gasteiger partial charge in [-0.05, 0) is 41.0 Å². The number of halogens is 1. The highest BCUT2D eigenvalue weighted by Gasteiger charge is 2.25. The molecular weight excluding hydrogens is 354 g/mol. The van der Waals surface area contributed by atoms with Gasteiger partial charge in [0.2, 0.25) is 0 Å². The molecule has 3 heteroatoms. The molecule has 2 nitrogen and oxygen atoms in total. The van der Waals surface area contributed by atoms with Gasteiger partial charge in [0.05, 0.1) is 11.4 Å². The number of phenolic OH excluding ortho intramolecular Hbond substituents is 1. The first-order chi connectivity index (χ1) is 13.2. The largest absolute Gasteiger partial charge is 0.507 e. The summed E-state index contributed by atoms with van der Waals surface area (Å²) >= 11 is 6.21. The van der Waals surface area contributed by atoms with Crippen LogP contribution in [0.3, 0.4) is 0 Å². The fraction of sp³-hybridized carbons (Fsp3) is 0.0417. The first kappa shape index (κ1) is 16.1. The summed E-state index contributed by atoms with van der Waals surface area (Å²) in [7, 11) is 0. The van der Waals surface area contributed by atoms with Gasteiger partial charge in [0.15, 0.2) is 0 Å². The minimum absolute atomic E-state index is 0.277. The second kappa shape index (κ2) is 6.26. The molecule has 0 bridgehead atoms. The zero-order valence-corrected chi connectivity index (χ0v) is 15.2. The Morgan fingerprint density at radius 1 is 0.778 bits per heavy atom. The highest BCUT2D eigenvalue weighted by atomic mass is 35.5. The molecule has 3 aromatic carbocycles. The third kappa shape index (κ3) is 2.70. The van der Waals surface area contributed by atoms with Gasteiger partial charge < -0.3 is 5.11 Å². The molecule has 1 aliphatic rings. The fourth-order valence-electron chi connectivity index (χ4n) is 3.81. The van der Waals surface area contributed by atoms with Gasteiger partial charge in [-0.15, -0.1) is 0 Å². The Labute approximate surface area is 162 Å². The Bertz CT molecular complexity index is 1180. The lowest BCUT2D eigenvalue weighted by molar-refractivity contribution is 0.477. The summed E-state index contributed by atoms with van der Waals surface area (Å²) in [5.41, 5.74) is 8.23. The van der Waals surface area contributed by atoms with Crippen molar-refractivity contribution in [1.82, 2.24) is 4.98 Å². The predicted octanol–water partition coefficient (Wildman–Crippen LogP) is 6.35. The molecule has 0 unspecified atom stereocenters. The van der Waals surface area contributed by atoms with E-state index in [2.05, 4.69) is 24.3 Å². The van der Waals surface area contributed by atoms with Gasteiger partial charge in [-0.25, -0.2) is 4.98 Å². The van der Waals surface area contributed by atoms with Crippen LogP contribution in [-0.4, -0.2) is 10.1 Å². The lowest BCUT2D eigenvalue weighted by Crippen LogP contribution is -1.95. The lowest BCUT2D eigenvalue weighted by Gasteiger charge is -2.13. The third-order valence-electron chi connectivity index (χ3n) is 5.08. The zero-order valence-electron chi connectivity index (χ0n) is 14.5. The van der Waals surface area contributed by atoms with Crippen molar-refractivity contribution in [2.24, 2.45) is 0 Å². The topological polar surface area (TPSA) is 33.1 Å². The van der Waals surface area contributed by atoms with E-state index in [0.717, 1.165) is 45.6 Å². The number of hydrogen-bond donors (Lipinski definition) is 1. The average Bonchev–Trinajstić information content (AvgIpc) is 3.06. The molecule has 5 rings (SSSR count). The molecule has 27 heavy (non-hydrogen) atoms. The van der Waals surface area contributed by atoms with E-state index in [1.165, 1.54) is 5.56 Å². The van der Waals surface area contributed by atoms with Gasteiger partial charge in [-0.3, -0.25) is 0 Å². The molecule has 0 amide bonds. The van der Waals surface area contributed by atoms with Crippen LogP contribution in [0.2, 0.25) is 5.02 Å². The normalized spacial score (nSPS) is 11.9. The monoisotopic (exact) mass is 369 g/mol. The standard InChI is InChI=1S/C24H16ClNO/c25-17-8-5-7-16(12-17)22-14-20(19-10-3-4-11-23(19)27)21-13-15-6-1-2-9-18(15)24(21)26-22/h1-12,14,27H,13H2. The molecule has 0 spiro atoms. The minimum Gasteiger partial charge on any atom is -0.507 e. The predicted molar refractivity (Wildman–Crippen MR) is 110 cm³/mol. The van der Waals surface area contributed by atoms with E-state index >= 15 is 0 Å². The molecule has 1 heterocycles. The van der Waals surface area contributed by atoms with Crippen molar-refractivity contribution < 1.29 is 5.11 Å². The number of aromatic hydroxyl groups is 1. The number of hydrogen-bond acceptors (Lipinski definition) is 2. The van der Waals surface area contributed by atoms with E-state index < -0.39 is 0 Å². The molecule has 130 valence electrons. The van der Waals surface area contributed by atoms with Crippen LogP contribution in [-0.2, 0) is 6.42 Å². The molecule has 1 aliphatic carbocycles. The average molecular weight is 370 g/mol. The summed E-state index contributed by atoms with van der Waals surface area (Å²) in [5.74, 6) is 0.277. The zero-order chi connectivity index (χ0) is 18.4. The van der Waals surface area contributed by atoms with Crippen LogP contribution in [0.4, 0.5) is 0 Å². The maximum Gasteiger partial charge on any atom is 0.123 e. The van der Waals surface area contributed by atoms with Crippen LogP contribution >= 0.6 is 11.6 Å². The van der Waals surface area contributed by atoms with E-state index in [-0.39, 0.29) is 5.75 Å². The SMILES string of the molecule is Oc1ccccc1-c1cc(-c2cccc(Cl)c2)nc2c1Cc1ccccc1-2. The number of phenols is 1. The number of fused-ring (bicyclic) bond motifs is 3. The Hall–Kier alpha value is -3.10. The first-order valence-corrected chi connectivity index (χ1v) is 9.25. The summed E-state index contributed by atoms with van der Waals surface area (Å²) in [6.45, 7) is 0. The number of para-hydroxylation sites is 1. The van der Waals surface area contributed by atoms with E-state index in [1.807, 2.05) is 48.5 Å². The van der Waals surface area contributed by atoms with Gasteiger partial charge in [0.25, 0.3) is 0 Å². The summed E-state index contributed by atoms with van der Waals surface area (Å²) < 4.78 is 0. The Morgan fingerprint density at radius 2 is 1.56 bits per heavy atom. The number of pyridine rings is 1. The highest BCUT2D eigenvalue weighted by Crippen LogP contribution is 2.44. The van der Waals surface area contributed by atoms with Crippen LogP contribution in [0, 0.1) is 0 Å². The van der Waals surface area contributed by atoms with E-state index in [0.29, 0.717) is 5.02 Å². The molecule has 1 aromatic heterocycles. The molecule has 4 aromatic rings. The fourth-order valence-corrected chi connectivity index (χ4v) is 4.00.